The lowest BCUT2D eigenvalue weighted by Crippen LogP contribution is -2.30. The largest absolute Gasteiger partial charge is 0.329 e. The van der Waals surface area contributed by atoms with Crippen LogP contribution in [0, 0.1) is 11.6 Å². The summed E-state index contributed by atoms with van der Waals surface area (Å²) in [5.74, 6) is -1.48. The maximum atomic E-state index is 14.1. The van der Waals surface area contributed by atoms with E-state index < -0.39 is 23.6 Å². The minimum Gasteiger partial charge on any atom is -0.314 e. The molecule has 0 saturated carbocycles. The molecular formula is C21H15F2N3O2. The maximum Gasteiger partial charge on any atom is 0.329 e. The predicted octanol–water partition coefficient (Wildman–Crippen LogP) is 3.85. The third-order valence-corrected chi connectivity index (χ3v) is 4.43. The Bertz CT molecular complexity index is 1100. The van der Waals surface area contributed by atoms with Gasteiger partial charge in [-0.25, -0.2) is 13.6 Å². The van der Waals surface area contributed by atoms with Crippen molar-refractivity contribution in [2.45, 2.75) is 6.54 Å². The molecule has 0 spiro atoms. The Morgan fingerprint density at radius 2 is 1.61 bits per heavy atom. The van der Waals surface area contributed by atoms with Crippen molar-refractivity contribution >= 4 is 18.0 Å². The number of para-hydroxylation sites is 1. The maximum absolute atomic E-state index is 14.1. The van der Waals surface area contributed by atoms with Crippen molar-refractivity contribution in [1.82, 2.24) is 14.8 Å². The second kappa shape index (κ2) is 7.11. The normalized spacial score (nSPS) is 15.4. The molecule has 0 atom stereocenters. The van der Waals surface area contributed by atoms with E-state index in [1.54, 1.807) is 47.2 Å². The summed E-state index contributed by atoms with van der Waals surface area (Å²) in [7, 11) is 0. The third kappa shape index (κ3) is 3.18. The first-order chi connectivity index (χ1) is 13.5. The Hall–Kier alpha value is -3.74. The number of benzene rings is 2. The SMILES string of the molecule is O=C1NC(=Cc2cccn2-c2ccccc2F)C(=O)N1Cc1ccccc1F. The highest BCUT2D eigenvalue weighted by molar-refractivity contribution is 6.13. The molecule has 3 aromatic rings. The lowest BCUT2D eigenvalue weighted by atomic mass is 10.2. The van der Waals surface area contributed by atoms with Gasteiger partial charge in [0.15, 0.2) is 0 Å². The number of amides is 3. The number of nitrogens with one attached hydrogen (secondary N) is 1. The fourth-order valence-electron chi connectivity index (χ4n) is 3.04. The first kappa shape index (κ1) is 17.7. The Morgan fingerprint density at radius 3 is 2.36 bits per heavy atom. The van der Waals surface area contributed by atoms with Crippen LogP contribution in [0.1, 0.15) is 11.3 Å². The first-order valence-corrected chi connectivity index (χ1v) is 8.55. The van der Waals surface area contributed by atoms with E-state index in [1.165, 1.54) is 30.3 Å². The molecule has 0 aliphatic carbocycles. The van der Waals surface area contributed by atoms with Gasteiger partial charge in [-0.1, -0.05) is 30.3 Å². The highest BCUT2D eigenvalue weighted by Gasteiger charge is 2.34. The van der Waals surface area contributed by atoms with Gasteiger partial charge in [0.1, 0.15) is 17.3 Å². The van der Waals surface area contributed by atoms with Crippen molar-refractivity contribution in [3.63, 3.8) is 0 Å². The van der Waals surface area contributed by atoms with Crippen LogP contribution in [-0.2, 0) is 11.3 Å². The molecule has 1 saturated heterocycles. The van der Waals surface area contributed by atoms with E-state index in [0.29, 0.717) is 11.4 Å². The van der Waals surface area contributed by atoms with Crippen molar-refractivity contribution in [1.29, 1.82) is 0 Å². The average Bonchev–Trinajstić information content (AvgIpc) is 3.24. The number of hydrogen-bond donors (Lipinski definition) is 1. The summed E-state index contributed by atoms with van der Waals surface area (Å²) >= 11 is 0. The van der Waals surface area contributed by atoms with Crippen molar-refractivity contribution in [2.75, 3.05) is 0 Å². The van der Waals surface area contributed by atoms with Gasteiger partial charge < -0.3 is 9.88 Å². The first-order valence-electron chi connectivity index (χ1n) is 8.55. The molecule has 4 rings (SSSR count). The zero-order chi connectivity index (χ0) is 19.7. The molecule has 140 valence electrons. The van der Waals surface area contributed by atoms with Crippen LogP contribution in [0.5, 0.6) is 0 Å². The summed E-state index contributed by atoms with van der Waals surface area (Å²) in [6.07, 6.45) is 3.12. The van der Waals surface area contributed by atoms with E-state index in [0.717, 1.165) is 4.90 Å². The number of rotatable bonds is 4. The quantitative estimate of drug-likeness (QED) is 0.553. The highest BCUT2D eigenvalue weighted by atomic mass is 19.1. The minimum atomic E-state index is -0.636. The molecule has 5 nitrogen and oxygen atoms in total. The van der Waals surface area contributed by atoms with Crippen molar-refractivity contribution < 1.29 is 18.4 Å². The zero-order valence-electron chi connectivity index (χ0n) is 14.6. The number of aromatic nitrogens is 1. The number of urea groups is 1. The number of carbonyl (C=O) groups is 2. The summed E-state index contributed by atoms with van der Waals surface area (Å²) in [5.41, 5.74) is 1.11. The fourth-order valence-corrected chi connectivity index (χ4v) is 3.04. The Kier molecular flexibility index (Phi) is 4.49. The molecule has 1 aromatic heterocycles. The fraction of sp³-hybridized carbons (Fsp3) is 0.0476. The number of imide groups is 1. The van der Waals surface area contributed by atoms with Crippen LogP contribution in [0.3, 0.4) is 0 Å². The lowest BCUT2D eigenvalue weighted by Gasteiger charge is -2.12. The van der Waals surface area contributed by atoms with Gasteiger partial charge in [-0.3, -0.25) is 9.69 Å². The molecule has 2 aromatic carbocycles. The minimum absolute atomic E-state index is 0.0395. The van der Waals surface area contributed by atoms with Gasteiger partial charge >= 0.3 is 6.03 Å². The van der Waals surface area contributed by atoms with Gasteiger partial charge in [0, 0.05) is 17.5 Å². The average molecular weight is 379 g/mol. The Morgan fingerprint density at radius 1 is 0.893 bits per heavy atom. The van der Waals surface area contributed by atoms with Crippen LogP contribution in [0.25, 0.3) is 11.8 Å². The molecule has 0 radical (unpaired) electrons. The van der Waals surface area contributed by atoms with E-state index in [4.69, 9.17) is 0 Å². The molecule has 1 fully saturated rings. The zero-order valence-corrected chi connectivity index (χ0v) is 14.6. The number of nitrogens with zero attached hydrogens (tertiary/aromatic N) is 2. The van der Waals surface area contributed by atoms with Crippen LogP contribution in [0.2, 0.25) is 0 Å². The molecule has 3 amide bonds. The van der Waals surface area contributed by atoms with E-state index in [9.17, 15) is 18.4 Å². The van der Waals surface area contributed by atoms with Crippen LogP contribution in [0.4, 0.5) is 13.6 Å². The number of carbonyl (C=O) groups excluding carboxylic acids is 2. The molecule has 2 heterocycles. The van der Waals surface area contributed by atoms with Crippen molar-refractivity contribution in [3.8, 4) is 5.69 Å². The van der Waals surface area contributed by atoms with Gasteiger partial charge in [0.25, 0.3) is 5.91 Å². The number of halogens is 2. The van der Waals surface area contributed by atoms with E-state index >= 15 is 0 Å². The summed E-state index contributed by atoms with van der Waals surface area (Å²) in [5, 5.41) is 2.49. The van der Waals surface area contributed by atoms with Crippen LogP contribution in [0.15, 0.2) is 72.6 Å². The monoisotopic (exact) mass is 379 g/mol. The van der Waals surface area contributed by atoms with Gasteiger partial charge in [0.2, 0.25) is 0 Å². The summed E-state index contributed by atoms with van der Waals surface area (Å²) < 4.78 is 29.5. The van der Waals surface area contributed by atoms with E-state index in [1.807, 2.05) is 0 Å². The standard InChI is InChI=1S/C21H15F2N3O2/c22-16-8-2-1-6-14(16)13-26-20(27)18(24-21(26)28)12-15-7-5-11-25(15)19-10-4-3-9-17(19)23/h1-12H,13H2,(H,24,28). The van der Waals surface area contributed by atoms with Crippen LogP contribution >= 0.6 is 0 Å². The van der Waals surface area contributed by atoms with E-state index in [2.05, 4.69) is 5.32 Å². The van der Waals surface area contributed by atoms with Crippen LogP contribution in [-0.4, -0.2) is 21.4 Å². The van der Waals surface area contributed by atoms with Crippen molar-refractivity contribution in [2.24, 2.45) is 0 Å². The lowest BCUT2D eigenvalue weighted by molar-refractivity contribution is -0.123. The van der Waals surface area contributed by atoms with Gasteiger partial charge in [-0.05, 0) is 36.4 Å². The second-order valence-corrected chi connectivity index (χ2v) is 6.23. The molecule has 1 aliphatic rings. The van der Waals surface area contributed by atoms with Crippen LogP contribution < -0.4 is 5.32 Å². The molecule has 1 N–H and O–H groups in total. The Labute approximate surface area is 159 Å². The van der Waals surface area contributed by atoms with Gasteiger partial charge in [-0.2, -0.15) is 0 Å². The molecule has 0 bridgehead atoms. The topological polar surface area (TPSA) is 54.3 Å². The predicted molar refractivity (Wildman–Crippen MR) is 99.2 cm³/mol. The van der Waals surface area contributed by atoms with Gasteiger partial charge in [0.05, 0.1) is 12.2 Å². The summed E-state index contributed by atoms with van der Waals surface area (Å²) in [4.78, 5) is 25.8. The second-order valence-electron chi connectivity index (χ2n) is 6.23. The van der Waals surface area contributed by atoms with E-state index in [-0.39, 0.29) is 17.8 Å². The molecule has 0 unspecified atom stereocenters. The highest BCUT2D eigenvalue weighted by Crippen LogP contribution is 2.21. The smallest absolute Gasteiger partial charge is 0.314 e. The summed E-state index contributed by atoms with van der Waals surface area (Å²) in [6, 6.07) is 14.9. The molecular weight excluding hydrogens is 364 g/mol. The summed E-state index contributed by atoms with van der Waals surface area (Å²) in [6.45, 7) is -0.178. The number of hydrogen-bond acceptors (Lipinski definition) is 2. The van der Waals surface area contributed by atoms with Crippen molar-refractivity contribution in [3.05, 3.63) is 95.4 Å². The van der Waals surface area contributed by atoms with Gasteiger partial charge in [-0.15, -0.1) is 0 Å². The Balaban J connectivity index is 1.63. The molecule has 28 heavy (non-hydrogen) atoms. The molecule has 7 heteroatoms. The molecule has 1 aliphatic heterocycles. The third-order valence-electron chi connectivity index (χ3n) is 4.43.